The maximum absolute atomic E-state index is 13.2. The van der Waals surface area contributed by atoms with Crippen molar-refractivity contribution < 1.29 is 22.4 Å². The number of hydrogen-bond donors (Lipinski definition) is 1. The van der Waals surface area contributed by atoms with Gasteiger partial charge in [-0.2, -0.15) is 13.2 Å². The SMILES string of the molecule is O=C(NC1CCCC1CBr)c1ccc(F)c(C(F)(F)F)c1. The highest BCUT2D eigenvalue weighted by molar-refractivity contribution is 9.09. The van der Waals surface area contributed by atoms with Crippen molar-refractivity contribution in [1.29, 1.82) is 0 Å². The average Bonchev–Trinajstić information content (AvgIpc) is 2.85. The van der Waals surface area contributed by atoms with Crippen LogP contribution in [-0.4, -0.2) is 17.3 Å². The molecular weight excluding hydrogens is 354 g/mol. The lowest BCUT2D eigenvalue weighted by Crippen LogP contribution is -2.38. The molecule has 0 heterocycles. The predicted molar refractivity (Wildman–Crippen MR) is 73.8 cm³/mol. The summed E-state index contributed by atoms with van der Waals surface area (Å²) in [7, 11) is 0. The Morgan fingerprint density at radius 2 is 2.05 bits per heavy atom. The minimum Gasteiger partial charge on any atom is -0.349 e. The van der Waals surface area contributed by atoms with Crippen LogP contribution in [-0.2, 0) is 6.18 Å². The van der Waals surface area contributed by atoms with E-state index in [1.807, 2.05) is 0 Å². The van der Waals surface area contributed by atoms with Gasteiger partial charge in [-0.25, -0.2) is 4.39 Å². The van der Waals surface area contributed by atoms with Crippen LogP contribution in [0.3, 0.4) is 0 Å². The molecule has 0 aliphatic heterocycles. The molecule has 2 rings (SSSR count). The molecule has 0 spiro atoms. The van der Waals surface area contributed by atoms with E-state index in [1.165, 1.54) is 0 Å². The van der Waals surface area contributed by atoms with E-state index in [2.05, 4.69) is 21.2 Å². The van der Waals surface area contributed by atoms with Crippen molar-refractivity contribution >= 4 is 21.8 Å². The Kier molecular flexibility index (Phi) is 4.91. The monoisotopic (exact) mass is 367 g/mol. The van der Waals surface area contributed by atoms with Gasteiger partial charge in [0.25, 0.3) is 5.91 Å². The van der Waals surface area contributed by atoms with Gasteiger partial charge in [0.05, 0.1) is 5.56 Å². The van der Waals surface area contributed by atoms with Gasteiger partial charge in [-0.3, -0.25) is 4.79 Å². The van der Waals surface area contributed by atoms with Crippen LogP contribution in [0.2, 0.25) is 0 Å². The molecule has 116 valence electrons. The van der Waals surface area contributed by atoms with Crippen molar-refractivity contribution in [2.45, 2.75) is 31.5 Å². The fraction of sp³-hybridized carbons (Fsp3) is 0.500. The molecule has 1 aliphatic carbocycles. The first-order valence-electron chi connectivity index (χ1n) is 6.56. The average molecular weight is 368 g/mol. The van der Waals surface area contributed by atoms with Crippen molar-refractivity contribution in [3.05, 3.63) is 35.1 Å². The van der Waals surface area contributed by atoms with Crippen LogP contribution in [0.4, 0.5) is 17.6 Å². The molecule has 0 radical (unpaired) electrons. The smallest absolute Gasteiger partial charge is 0.349 e. The van der Waals surface area contributed by atoms with Crippen LogP contribution < -0.4 is 5.32 Å². The Balaban J connectivity index is 2.16. The molecule has 0 saturated heterocycles. The molecule has 1 aromatic rings. The highest BCUT2D eigenvalue weighted by atomic mass is 79.9. The number of benzene rings is 1. The first kappa shape index (κ1) is 16.3. The summed E-state index contributed by atoms with van der Waals surface area (Å²) < 4.78 is 51.1. The van der Waals surface area contributed by atoms with E-state index in [0.29, 0.717) is 12.1 Å². The Morgan fingerprint density at radius 3 is 2.67 bits per heavy atom. The Labute approximate surface area is 128 Å². The minimum absolute atomic E-state index is 0.0590. The number of nitrogens with one attached hydrogen (secondary N) is 1. The molecule has 1 N–H and O–H groups in total. The number of halogens is 5. The second kappa shape index (κ2) is 6.34. The molecule has 2 nitrogen and oxygen atoms in total. The van der Waals surface area contributed by atoms with Crippen molar-refractivity contribution in [2.24, 2.45) is 5.92 Å². The maximum atomic E-state index is 13.2. The van der Waals surface area contributed by atoms with Gasteiger partial charge in [0.15, 0.2) is 0 Å². The van der Waals surface area contributed by atoms with E-state index >= 15 is 0 Å². The van der Waals surface area contributed by atoms with Crippen molar-refractivity contribution in [3.63, 3.8) is 0 Å². The fourth-order valence-corrected chi connectivity index (χ4v) is 3.32. The molecule has 0 aromatic heterocycles. The number of carbonyl (C=O) groups excluding carboxylic acids is 1. The van der Waals surface area contributed by atoms with Gasteiger partial charge in [-0.15, -0.1) is 0 Å². The number of hydrogen-bond acceptors (Lipinski definition) is 1. The number of alkyl halides is 4. The minimum atomic E-state index is -4.81. The van der Waals surface area contributed by atoms with Crippen LogP contribution in [0.25, 0.3) is 0 Å². The molecule has 1 fully saturated rings. The lowest BCUT2D eigenvalue weighted by Gasteiger charge is -2.19. The second-order valence-electron chi connectivity index (χ2n) is 5.12. The zero-order chi connectivity index (χ0) is 15.6. The summed E-state index contributed by atoms with van der Waals surface area (Å²) in [5, 5.41) is 3.47. The molecule has 1 amide bonds. The Bertz CT molecular complexity index is 532. The summed E-state index contributed by atoms with van der Waals surface area (Å²) >= 11 is 3.36. The van der Waals surface area contributed by atoms with Crippen LogP contribution in [0.5, 0.6) is 0 Å². The maximum Gasteiger partial charge on any atom is 0.419 e. The third kappa shape index (κ3) is 3.75. The van der Waals surface area contributed by atoms with Crippen LogP contribution in [0.15, 0.2) is 18.2 Å². The first-order chi connectivity index (χ1) is 9.82. The molecule has 7 heteroatoms. The van der Waals surface area contributed by atoms with E-state index in [1.54, 1.807) is 0 Å². The summed E-state index contributed by atoms with van der Waals surface area (Å²) in [5.74, 6) is -1.70. The lowest BCUT2D eigenvalue weighted by atomic mass is 10.0. The molecule has 1 aromatic carbocycles. The highest BCUT2D eigenvalue weighted by Crippen LogP contribution is 2.32. The standard InChI is InChI=1S/C14H14BrF4NO/c15-7-9-2-1-3-12(9)20-13(21)8-4-5-11(16)10(6-8)14(17,18)19/h4-6,9,12H,1-3,7H2,(H,20,21). The summed E-state index contributed by atoms with van der Waals surface area (Å²) in [4.78, 5) is 12.0. The fourth-order valence-electron chi connectivity index (χ4n) is 2.55. The van der Waals surface area contributed by atoms with Crippen molar-refractivity contribution in [3.8, 4) is 0 Å². The summed E-state index contributed by atoms with van der Waals surface area (Å²) in [6, 6.07) is 2.24. The van der Waals surface area contributed by atoms with Gasteiger partial charge in [0, 0.05) is 16.9 Å². The normalized spacial score (nSPS) is 22.3. The van der Waals surface area contributed by atoms with Crippen molar-refractivity contribution in [1.82, 2.24) is 5.32 Å². The van der Waals surface area contributed by atoms with Gasteiger partial charge in [-0.05, 0) is 37.0 Å². The van der Waals surface area contributed by atoms with Gasteiger partial charge in [0.1, 0.15) is 5.82 Å². The summed E-state index contributed by atoms with van der Waals surface area (Å²) in [6.45, 7) is 0. The summed E-state index contributed by atoms with van der Waals surface area (Å²) in [6.07, 6.45) is -2.08. The molecule has 21 heavy (non-hydrogen) atoms. The van der Waals surface area contributed by atoms with Crippen LogP contribution in [0.1, 0.15) is 35.2 Å². The van der Waals surface area contributed by atoms with Gasteiger partial charge < -0.3 is 5.32 Å². The summed E-state index contributed by atoms with van der Waals surface area (Å²) in [5.41, 5.74) is -1.59. The topological polar surface area (TPSA) is 29.1 Å². The highest BCUT2D eigenvalue weighted by Gasteiger charge is 2.35. The quantitative estimate of drug-likeness (QED) is 0.631. The largest absolute Gasteiger partial charge is 0.419 e. The molecule has 1 saturated carbocycles. The molecule has 2 unspecified atom stereocenters. The van der Waals surface area contributed by atoms with Gasteiger partial charge in [0.2, 0.25) is 0 Å². The first-order valence-corrected chi connectivity index (χ1v) is 7.68. The van der Waals surface area contributed by atoms with Crippen LogP contribution >= 0.6 is 15.9 Å². The molecule has 1 aliphatic rings. The molecular formula is C14H14BrF4NO. The Hall–Kier alpha value is -1.11. The number of amides is 1. The van der Waals surface area contributed by atoms with Crippen molar-refractivity contribution in [2.75, 3.05) is 5.33 Å². The van der Waals surface area contributed by atoms with Gasteiger partial charge >= 0.3 is 6.18 Å². The van der Waals surface area contributed by atoms with E-state index in [4.69, 9.17) is 0 Å². The van der Waals surface area contributed by atoms with E-state index in [9.17, 15) is 22.4 Å². The number of carbonyl (C=O) groups is 1. The third-order valence-electron chi connectivity index (χ3n) is 3.71. The second-order valence-corrected chi connectivity index (χ2v) is 5.77. The third-order valence-corrected chi connectivity index (χ3v) is 4.54. The molecule has 0 bridgehead atoms. The number of rotatable bonds is 3. The Morgan fingerprint density at radius 1 is 1.33 bits per heavy atom. The van der Waals surface area contributed by atoms with E-state index in [0.717, 1.165) is 30.7 Å². The van der Waals surface area contributed by atoms with E-state index in [-0.39, 0.29) is 17.5 Å². The lowest BCUT2D eigenvalue weighted by molar-refractivity contribution is -0.140. The van der Waals surface area contributed by atoms with E-state index < -0.39 is 23.5 Å². The van der Waals surface area contributed by atoms with Gasteiger partial charge in [-0.1, -0.05) is 22.4 Å². The predicted octanol–water partition coefficient (Wildman–Crippen LogP) is 4.14. The molecule has 2 atom stereocenters. The van der Waals surface area contributed by atoms with Crippen LogP contribution in [0, 0.1) is 11.7 Å². The zero-order valence-corrected chi connectivity index (χ0v) is 12.6. The zero-order valence-electron chi connectivity index (χ0n) is 11.0.